The molecule has 1 amide bonds. The first kappa shape index (κ1) is 13.4. The minimum atomic E-state index is -0.702. The highest BCUT2D eigenvalue weighted by Gasteiger charge is 2.16. The summed E-state index contributed by atoms with van der Waals surface area (Å²) in [7, 11) is 0. The van der Waals surface area contributed by atoms with Crippen LogP contribution in [0.4, 0.5) is 8.78 Å². The van der Waals surface area contributed by atoms with Gasteiger partial charge in [0.25, 0.3) is 0 Å². The Morgan fingerprint density at radius 1 is 1.39 bits per heavy atom. The molecule has 0 bridgehead atoms. The smallest absolute Gasteiger partial charge is 0.236 e. The van der Waals surface area contributed by atoms with Gasteiger partial charge < -0.3 is 5.32 Å². The van der Waals surface area contributed by atoms with Crippen LogP contribution in [0.25, 0.3) is 0 Å². The summed E-state index contributed by atoms with van der Waals surface area (Å²) in [5, 5.41) is 9.98. The van der Waals surface area contributed by atoms with Crippen LogP contribution in [0.2, 0.25) is 0 Å². The second-order valence-corrected chi connectivity index (χ2v) is 5.48. The summed E-state index contributed by atoms with van der Waals surface area (Å²) in [5.74, 6) is -1.29. The summed E-state index contributed by atoms with van der Waals surface area (Å²) in [6.07, 6.45) is 0.985. The van der Waals surface area contributed by atoms with Gasteiger partial charge in [-0.1, -0.05) is 11.8 Å². The number of carbonyl (C=O) groups excluding carboxylic acids is 1. The molecule has 1 saturated heterocycles. The van der Waals surface area contributed by atoms with E-state index in [1.807, 2.05) is 22.6 Å². The van der Waals surface area contributed by atoms with Crippen LogP contribution in [0.5, 0.6) is 0 Å². The molecular formula is C10H6F2IN3OS. The molecule has 1 N–H and O–H groups in total. The van der Waals surface area contributed by atoms with Crippen LogP contribution in [0.1, 0.15) is 5.56 Å². The average Bonchev–Trinajstić information content (AvgIpc) is 2.68. The van der Waals surface area contributed by atoms with Gasteiger partial charge in [-0.15, -0.1) is 5.10 Å². The number of thioether (sulfide) groups is 1. The molecule has 0 atom stereocenters. The predicted molar refractivity (Wildman–Crippen MR) is 74.7 cm³/mol. The van der Waals surface area contributed by atoms with Gasteiger partial charge in [-0.3, -0.25) is 4.79 Å². The molecule has 0 radical (unpaired) electrons. The van der Waals surface area contributed by atoms with E-state index in [2.05, 4.69) is 15.5 Å². The molecule has 0 aliphatic carbocycles. The number of rotatable bonds is 2. The second-order valence-electron chi connectivity index (χ2n) is 3.27. The molecule has 1 heterocycles. The molecule has 8 heteroatoms. The Morgan fingerprint density at radius 3 is 2.61 bits per heavy atom. The Kier molecular flexibility index (Phi) is 4.27. The number of hydrogen-bond donors (Lipinski definition) is 1. The van der Waals surface area contributed by atoms with Gasteiger partial charge in [0, 0.05) is 3.57 Å². The molecule has 1 aliphatic heterocycles. The first-order valence-corrected chi connectivity index (χ1v) is 6.81. The van der Waals surface area contributed by atoms with Gasteiger partial charge in [0.2, 0.25) is 5.91 Å². The second kappa shape index (κ2) is 5.74. The summed E-state index contributed by atoms with van der Waals surface area (Å²) >= 11 is 3.00. The fraction of sp³-hybridized carbons (Fsp3) is 0.100. The number of benzene rings is 1. The minimum Gasteiger partial charge on any atom is -0.303 e. The van der Waals surface area contributed by atoms with Crippen molar-refractivity contribution >= 4 is 51.6 Å². The lowest BCUT2D eigenvalue weighted by Crippen LogP contribution is -2.19. The number of halogens is 3. The van der Waals surface area contributed by atoms with Crippen molar-refractivity contribution in [2.24, 2.45) is 10.2 Å². The molecule has 0 spiro atoms. The van der Waals surface area contributed by atoms with Gasteiger partial charge in [-0.05, 0) is 34.7 Å². The summed E-state index contributed by atoms with van der Waals surface area (Å²) in [6, 6.07) is 2.40. The largest absolute Gasteiger partial charge is 0.303 e. The van der Waals surface area contributed by atoms with Gasteiger partial charge in [0.1, 0.15) is 11.6 Å². The number of carbonyl (C=O) groups is 1. The standard InChI is InChI=1S/C10H6F2IN3OS/c11-7-1-5(13)2-8(12)6(7)3-14-16-10-15-9(17)4-18-10/h1-3H,4H2,(H,15,16,17). The summed E-state index contributed by atoms with van der Waals surface area (Å²) < 4.78 is 27.3. The van der Waals surface area contributed by atoms with E-state index in [0.717, 1.165) is 6.21 Å². The van der Waals surface area contributed by atoms with Crippen molar-refractivity contribution in [1.82, 2.24) is 5.32 Å². The van der Waals surface area contributed by atoms with Crippen LogP contribution in [0.15, 0.2) is 22.3 Å². The lowest BCUT2D eigenvalue weighted by molar-refractivity contribution is -0.116. The third-order valence-corrected chi connectivity index (χ3v) is 3.45. The fourth-order valence-electron chi connectivity index (χ4n) is 1.19. The first-order valence-electron chi connectivity index (χ1n) is 4.74. The number of nitrogens with zero attached hydrogens (tertiary/aromatic N) is 2. The van der Waals surface area contributed by atoms with Gasteiger partial charge in [0.05, 0.1) is 17.5 Å². The highest BCUT2D eigenvalue weighted by Crippen LogP contribution is 2.15. The van der Waals surface area contributed by atoms with Crippen LogP contribution in [0.3, 0.4) is 0 Å². The van der Waals surface area contributed by atoms with Gasteiger partial charge in [-0.25, -0.2) is 8.78 Å². The van der Waals surface area contributed by atoms with E-state index in [1.54, 1.807) is 0 Å². The third kappa shape index (κ3) is 3.25. The third-order valence-electron chi connectivity index (χ3n) is 1.97. The molecule has 0 saturated carbocycles. The number of hydrogen-bond acceptors (Lipinski definition) is 4. The van der Waals surface area contributed by atoms with Crippen molar-refractivity contribution < 1.29 is 13.6 Å². The molecule has 1 aromatic carbocycles. The summed E-state index contributed by atoms with van der Waals surface area (Å²) in [5.41, 5.74) is -0.255. The maximum atomic E-state index is 13.4. The van der Waals surface area contributed by atoms with E-state index in [1.165, 1.54) is 23.9 Å². The molecule has 1 fully saturated rings. The molecular weight excluding hydrogens is 375 g/mol. The number of nitrogens with one attached hydrogen (secondary N) is 1. The van der Waals surface area contributed by atoms with Crippen LogP contribution in [-0.2, 0) is 4.79 Å². The molecule has 0 unspecified atom stereocenters. The quantitative estimate of drug-likeness (QED) is 0.485. The van der Waals surface area contributed by atoms with Gasteiger partial charge >= 0.3 is 0 Å². The molecule has 0 aromatic heterocycles. The Balaban J connectivity index is 2.17. The Hall–Kier alpha value is -1.03. The van der Waals surface area contributed by atoms with Gasteiger partial charge in [-0.2, -0.15) is 5.10 Å². The van der Waals surface area contributed by atoms with E-state index < -0.39 is 11.6 Å². The molecule has 94 valence electrons. The van der Waals surface area contributed by atoms with Crippen molar-refractivity contribution in [3.63, 3.8) is 0 Å². The Labute approximate surface area is 119 Å². The average molecular weight is 381 g/mol. The van der Waals surface area contributed by atoms with E-state index in [0.29, 0.717) is 8.74 Å². The normalized spacial score (nSPS) is 17.7. The maximum absolute atomic E-state index is 13.4. The zero-order chi connectivity index (χ0) is 13.1. The monoisotopic (exact) mass is 381 g/mol. The van der Waals surface area contributed by atoms with E-state index in [4.69, 9.17) is 0 Å². The zero-order valence-corrected chi connectivity index (χ0v) is 11.8. The lowest BCUT2D eigenvalue weighted by atomic mass is 10.2. The van der Waals surface area contributed by atoms with Crippen molar-refractivity contribution in [3.05, 3.63) is 32.9 Å². The van der Waals surface area contributed by atoms with Crippen molar-refractivity contribution in [3.8, 4) is 0 Å². The maximum Gasteiger partial charge on any atom is 0.236 e. The number of amidine groups is 1. The number of amides is 1. The van der Waals surface area contributed by atoms with Crippen LogP contribution in [-0.4, -0.2) is 23.0 Å². The molecule has 4 nitrogen and oxygen atoms in total. The molecule has 1 aliphatic rings. The van der Waals surface area contributed by atoms with Crippen molar-refractivity contribution in [2.45, 2.75) is 0 Å². The highest BCUT2D eigenvalue weighted by molar-refractivity contribution is 14.1. The molecule has 2 rings (SSSR count). The van der Waals surface area contributed by atoms with E-state index in [-0.39, 0.29) is 17.2 Å². The van der Waals surface area contributed by atoms with Crippen LogP contribution < -0.4 is 5.32 Å². The first-order chi connectivity index (χ1) is 8.56. The molecule has 18 heavy (non-hydrogen) atoms. The van der Waals surface area contributed by atoms with Crippen LogP contribution >= 0.6 is 34.4 Å². The lowest BCUT2D eigenvalue weighted by Gasteiger charge is -1.99. The van der Waals surface area contributed by atoms with E-state index in [9.17, 15) is 13.6 Å². The Morgan fingerprint density at radius 2 is 2.06 bits per heavy atom. The van der Waals surface area contributed by atoms with Crippen molar-refractivity contribution in [2.75, 3.05) is 5.75 Å². The Bertz CT molecular complexity index is 539. The predicted octanol–water partition coefficient (Wildman–Crippen LogP) is 2.12. The van der Waals surface area contributed by atoms with E-state index >= 15 is 0 Å². The highest BCUT2D eigenvalue weighted by atomic mass is 127. The van der Waals surface area contributed by atoms with Crippen molar-refractivity contribution in [1.29, 1.82) is 0 Å². The SMILES string of the molecule is O=C1CSC(=NN=Cc2c(F)cc(I)cc2F)N1. The summed E-state index contributed by atoms with van der Waals surface area (Å²) in [6.45, 7) is 0. The van der Waals surface area contributed by atoms with Gasteiger partial charge in [0.15, 0.2) is 5.17 Å². The summed E-state index contributed by atoms with van der Waals surface area (Å²) in [4.78, 5) is 10.8. The van der Waals surface area contributed by atoms with Crippen LogP contribution in [0, 0.1) is 15.2 Å². The molecule has 1 aromatic rings. The minimum absolute atomic E-state index is 0.166. The zero-order valence-electron chi connectivity index (χ0n) is 8.78. The fourth-order valence-corrected chi connectivity index (χ4v) is 2.37. The topological polar surface area (TPSA) is 53.8 Å².